The van der Waals surface area contributed by atoms with Crippen LogP contribution < -0.4 is 20.7 Å². The summed E-state index contributed by atoms with van der Waals surface area (Å²) in [4.78, 5) is 0. The molecule has 0 bridgehead atoms. The van der Waals surface area contributed by atoms with Gasteiger partial charge in [0.2, 0.25) is 0 Å². The molecule has 12 rings (SSSR count). The molecular weight excluding hydrogens is 749 g/mol. The lowest BCUT2D eigenvalue weighted by Crippen LogP contribution is -2.75. The summed E-state index contributed by atoms with van der Waals surface area (Å²) in [5, 5.41) is 5.78. The van der Waals surface area contributed by atoms with Crippen molar-refractivity contribution in [3.63, 3.8) is 0 Å². The Bertz CT molecular complexity index is 2770. The van der Waals surface area contributed by atoms with Gasteiger partial charge in [0.25, 0.3) is 0 Å². The van der Waals surface area contributed by atoms with Gasteiger partial charge in [0.15, 0.2) is 8.07 Å². The highest BCUT2D eigenvalue weighted by Gasteiger charge is 2.48. The van der Waals surface area contributed by atoms with E-state index < -0.39 is 8.07 Å². The third-order valence-corrected chi connectivity index (χ3v) is 20.8. The fourth-order valence-electron chi connectivity index (χ4n) is 12.8. The summed E-state index contributed by atoms with van der Waals surface area (Å²) in [6, 6.07) is 67.1. The quantitative estimate of drug-likeness (QED) is 0.123. The maximum atomic E-state index is 2.66. The van der Waals surface area contributed by atoms with Crippen LogP contribution in [0.15, 0.2) is 170 Å². The van der Waals surface area contributed by atoms with E-state index in [1.807, 2.05) is 0 Å². The molecular formula is C60H52Si. The molecule has 0 atom stereocenters. The van der Waals surface area contributed by atoms with E-state index in [-0.39, 0.29) is 21.7 Å². The molecule has 0 aromatic heterocycles. The van der Waals surface area contributed by atoms with Crippen LogP contribution in [0.25, 0.3) is 44.5 Å². The summed E-state index contributed by atoms with van der Waals surface area (Å²) in [7, 11) is -3.13. The monoisotopic (exact) mass is 800 g/mol. The first kappa shape index (κ1) is 36.8. The van der Waals surface area contributed by atoms with Gasteiger partial charge in [-0.1, -0.05) is 225 Å². The summed E-state index contributed by atoms with van der Waals surface area (Å²) in [6.45, 7) is 19.5. The van der Waals surface area contributed by atoms with E-state index in [1.165, 1.54) is 110 Å². The second-order valence-electron chi connectivity index (χ2n) is 20.5. The average Bonchev–Trinajstić information content (AvgIpc) is 3.84. The Hall–Kier alpha value is -6.02. The first-order valence-corrected chi connectivity index (χ1v) is 24.3. The van der Waals surface area contributed by atoms with Crippen LogP contribution in [0.5, 0.6) is 0 Å². The molecule has 0 nitrogen and oxygen atoms in total. The lowest BCUT2D eigenvalue weighted by molar-refractivity contribution is 0.661. The number of benzene rings is 8. The van der Waals surface area contributed by atoms with Gasteiger partial charge in [0, 0.05) is 21.7 Å². The molecule has 61 heavy (non-hydrogen) atoms. The van der Waals surface area contributed by atoms with Crippen LogP contribution in [0.1, 0.15) is 99.9 Å². The molecule has 0 unspecified atom stereocenters. The molecule has 0 saturated carbocycles. The van der Waals surface area contributed by atoms with Gasteiger partial charge in [-0.25, -0.2) is 0 Å². The summed E-state index contributed by atoms with van der Waals surface area (Å²) in [6.07, 6.45) is 0. The second-order valence-corrected chi connectivity index (χ2v) is 24.3. The largest absolute Gasteiger partial charge is 0.179 e. The van der Waals surface area contributed by atoms with Crippen LogP contribution in [0.2, 0.25) is 0 Å². The maximum Gasteiger partial charge on any atom is 0.179 e. The van der Waals surface area contributed by atoms with Crippen LogP contribution in [0.4, 0.5) is 0 Å². The van der Waals surface area contributed by atoms with Crippen molar-refractivity contribution in [2.24, 2.45) is 0 Å². The minimum absolute atomic E-state index is 0.132. The van der Waals surface area contributed by atoms with Crippen molar-refractivity contribution in [1.82, 2.24) is 0 Å². The van der Waals surface area contributed by atoms with Crippen LogP contribution in [0.3, 0.4) is 0 Å². The predicted octanol–water partition coefficient (Wildman–Crippen LogP) is 12.3. The molecule has 1 heteroatoms. The van der Waals surface area contributed by atoms with Crippen LogP contribution in [0, 0.1) is 0 Å². The number of hydrogen-bond donors (Lipinski definition) is 0. The van der Waals surface area contributed by atoms with Gasteiger partial charge < -0.3 is 0 Å². The van der Waals surface area contributed by atoms with Crippen molar-refractivity contribution in [3.05, 3.63) is 214 Å². The third-order valence-electron chi connectivity index (χ3n) is 16.1. The molecule has 0 aliphatic heterocycles. The molecule has 4 aliphatic carbocycles. The Morgan fingerprint density at radius 3 is 0.656 bits per heavy atom. The van der Waals surface area contributed by atoms with Crippen molar-refractivity contribution < 1.29 is 0 Å². The van der Waals surface area contributed by atoms with E-state index >= 15 is 0 Å². The zero-order chi connectivity index (χ0) is 41.8. The molecule has 0 heterocycles. The predicted molar refractivity (Wildman–Crippen MR) is 260 cm³/mol. The van der Waals surface area contributed by atoms with E-state index in [1.54, 1.807) is 0 Å². The van der Waals surface area contributed by atoms with Gasteiger partial charge in [-0.05, 0) is 110 Å². The summed E-state index contributed by atoms with van der Waals surface area (Å²) in [5.74, 6) is 0. The summed E-state index contributed by atoms with van der Waals surface area (Å²) < 4.78 is 0. The summed E-state index contributed by atoms with van der Waals surface area (Å²) in [5.41, 5.74) is 21.8. The third kappa shape index (κ3) is 4.60. The van der Waals surface area contributed by atoms with Crippen molar-refractivity contribution in [1.29, 1.82) is 0 Å². The second kappa shape index (κ2) is 12.1. The van der Waals surface area contributed by atoms with E-state index in [0.717, 1.165) is 0 Å². The fourth-order valence-corrected chi connectivity index (χ4v) is 17.5. The highest BCUT2D eigenvalue weighted by atomic mass is 28.3. The van der Waals surface area contributed by atoms with Crippen molar-refractivity contribution in [3.8, 4) is 44.5 Å². The summed E-state index contributed by atoms with van der Waals surface area (Å²) >= 11 is 0. The standard InChI is InChI=1S/C60H52Si/c1-57(2)49-21-13-9-17-41(49)45-29-25-37(33-53(45)57)61(38-26-30-46-42-18-10-14-22-50(42)58(3,4)54(46)34-38,39-27-31-47-43-19-11-15-23-51(43)59(5,6)55(47)35-39)40-28-32-48-44-20-12-16-24-52(44)60(7,8)56(48)36-40/h9-36H,1-8H3. The Kier molecular flexibility index (Phi) is 7.29. The zero-order valence-electron chi connectivity index (χ0n) is 36.7. The van der Waals surface area contributed by atoms with Gasteiger partial charge in [-0.3, -0.25) is 0 Å². The molecule has 296 valence electrons. The average molecular weight is 801 g/mol. The lowest BCUT2D eigenvalue weighted by Gasteiger charge is -2.38. The van der Waals surface area contributed by atoms with Crippen LogP contribution >= 0.6 is 0 Å². The van der Waals surface area contributed by atoms with Crippen LogP contribution in [-0.2, 0) is 21.7 Å². The van der Waals surface area contributed by atoms with Gasteiger partial charge in [-0.2, -0.15) is 0 Å². The van der Waals surface area contributed by atoms with Gasteiger partial charge in [-0.15, -0.1) is 0 Å². The first-order valence-electron chi connectivity index (χ1n) is 22.3. The van der Waals surface area contributed by atoms with Crippen LogP contribution in [-0.4, -0.2) is 8.07 Å². The normalized spacial score (nSPS) is 17.0. The van der Waals surface area contributed by atoms with Gasteiger partial charge in [0.05, 0.1) is 0 Å². The minimum Gasteiger partial charge on any atom is -0.0619 e. The van der Waals surface area contributed by atoms with E-state index in [4.69, 9.17) is 0 Å². The van der Waals surface area contributed by atoms with E-state index in [0.29, 0.717) is 0 Å². The van der Waals surface area contributed by atoms with Crippen molar-refractivity contribution in [2.75, 3.05) is 0 Å². The van der Waals surface area contributed by atoms with E-state index in [2.05, 4.69) is 225 Å². The number of rotatable bonds is 4. The Balaban J connectivity index is 1.21. The zero-order valence-corrected chi connectivity index (χ0v) is 37.7. The Morgan fingerprint density at radius 1 is 0.230 bits per heavy atom. The van der Waals surface area contributed by atoms with Crippen molar-refractivity contribution in [2.45, 2.75) is 77.0 Å². The molecule has 0 fully saturated rings. The van der Waals surface area contributed by atoms with E-state index in [9.17, 15) is 0 Å². The number of hydrogen-bond acceptors (Lipinski definition) is 0. The molecule has 0 radical (unpaired) electrons. The minimum atomic E-state index is -3.13. The molecule has 4 aliphatic rings. The topological polar surface area (TPSA) is 0 Å². The van der Waals surface area contributed by atoms with Crippen molar-refractivity contribution >= 4 is 28.8 Å². The maximum absolute atomic E-state index is 3.13. The fraction of sp³-hybridized carbons (Fsp3) is 0.200. The molecule has 8 aromatic rings. The lowest BCUT2D eigenvalue weighted by atomic mass is 9.82. The molecule has 8 aromatic carbocycles. The molecule has 0 saturated heterocycles. The SMILES string of the molecule is CC1(C)c2ccccc2-c2ccc([Si](c3ccc4c(c3)C(C)(C)c3ccccc3-4)(c3ccc4c(c3)C(C)(C)c3ccccc3-4)c3ccc4c(c3)C(C)(C)c3ccccc3-4)cc21. The Morgan fingerprint density at radius 2 is 0.426 bits per heavy atom. The van der Waals surface area contributed by atoms with Gasteiger partial charge in [0.1, 0.15) is 0 Å². The molecule has 0 spiro atoms. The number of fused-ring (bicyclic) bond motifs is 12. The first-order chi connectivity index (χ1) is 29.3. The Labute approximate surface area is 363 Å². The smallest absolute Gasteiger partial charge is 0.0619 e. The molecule has 0 amide bonds. The highest BCUT2D eigenvalue weighted by molar-refractivity contribution is 7.20. The highest BCUT2D eigenvalue weighted by Crippen LogP contribution is 2.52. The van der Waals surface area contributed by atoms with Gasteiger partial charge >= 0.3 is 0 Å². The molecule has 0 N–H and O–H groups in total.